The summed E-state index contributed by atoms with van der Waals surface area (Å²) in [4.78, 5) is 11.7. The van der Waals surface area contributed by atoms with Gasteiger partial charge >= 0.3 is 5.97 Å². The van der Waals surface area contributed by atoms with Gasteiger partial charge in [0.15, 0.2) is 0 Å². The quantitative estimate of drug-likeness (QED) is 0.638. The third kappa shape index (κ3) is 7.25. The van der Waals surface area contributed by atoms with Crippen molar-refractivity contribution in [2.75, 3.05) is 0 Å². The van der Waals surface area contributed by atoms with E-state index >= 15 is 0 Å². The van der Waals surface area contributed by atoms with E-state index in [1.165, 1.54) is 0 Å². The molecule has 0 aliphatic heterocycles. The second kappa shape index (κ2) is 7.57. The summed E-state index contributed by atoms with van der Waals surface area (Å²) in [6.45, 7) is 7.57. The Balaban J connectivity index is 2.39. The molecule has 1 N–H and O–H groups in total. The van der Waals surface area contributed by atoms with E-state index in [9.17, 15) is 4.79 Å². The first-order chi connectivity index (χ1) is 9.67. The van der Waals surface area contributed by atoms with Gasteiger partial charge in [0.1, 0.15) is 11.3 Å². The van der Waals surface area contributed by atoms with Crippen LogP contribution in [0.5, 0.6) is 0 Å². The Kier molecular flexibility index (Phi) is 6.37. The predicted molar refractivity (Wildman–Crippen MR) is 83.9 cm³/mol. The van der Waals surface area contributed by atoms with E-state index in [2.05, 4.69) is 0 Å². The van der Waals surface area contributed by atoms with Gasteiger partial charge in [-0.1, -0.05) is 23.7 Å². The molecule has 0 spiro atoms. The maximum absolute atomic E-state index is 11.7. The fourth-order valence-corrected chi connectivity index (χ4v) is 1.71. The van der Waals surface area contributed by atoms with Gasteiger partial charge in [-0.05, 0) is 45.4 Å². The van der Waals surface area contributed by atoms with Crippen molar-refractivity contribution >= 4 is 23.3 Å². The average molecular weight is 312 g/mol. The van der Waals surface area contributed by atoms with Crippen molar-refractivity contribution in [2.45, 2.75) is 52.4 Å². The Hall–Kier alpha value is -1.39. The lowest BCUT2D eigenvalue weighted by Gasteiger charge is -2.20. The molecule has 0 saturated carbocycles. The van der Waals surface area contributed by atoms with Gasteiger partial charge in [-0.25, -0.2) is 4.79 Å². The third-order valence-corrected chi connectivity index (χ3v) is 2.84. The summed E-state index contributed by atoms with van der Waals surface area (Å²) < 4.78 is 10.8. The number of hydrogen-bond donors (Lipinski definition) is 1. The number of hydrogen-bond acceptors (Lipinski definition) is 4. The van der Waals surface area contributed by atoms with E-state index in [0.717, 1.165) is 5.56 Å². The van der Waals surface area contributed by atoms with Gasteiger partial charge in [0.25, 0.3) is 0 Å². The monoisotopic (exact) mass is 311 g/mol. The Morgan fingerprint density at radius 3 is 2.38 bits per heavy atom. The van der Waals surface area contributed by atoms with Crippen molar-refractivity contribution < 1.29 is 14.3 Å². The number of benzene rings is 1. The van der Waals surface area contributed by atoms with Crippen LogP contribution in [0.25, 0.3) is 0 Å². The number of esters is 1. The lowest BCUT2D eigenvalue weighted by Crippen LogP contribution is -2.30. The first kappa shape index (κ1) is 17.7. The highest BCUT2D eigenvalue weighted by Gasteiger charge is 2.21. The van der Waals surface area contributed by atoms with Gasteiger partial charge in [-0.2, -0.15) is 0 Å². The average Bonchev–Trinajstić information content (AvgIpc) is 2.36. The zero-order valence-electron chi connectivity index (χ0n) is 12.9. The molecule has 0 radical (unpaired) electrons. The Morgan fingerprint density at radius 2 is 1.86 bits per heavy atom. The molecule has 5 heteroatoms. The van der Waals surface area contributed by atoms with Crippen LogP contribution in [0, 0.1) is 5.41 Å². The maximum atomic E-state index is 11.7. The summed E-state index contributed by atoms with van der Waals surface area (Å²) in [5, 5.41) is 8.42. The molecule has 0 aliphatic rings. The molecule has 116 valence electrons. The minimum atomic E-state index is -0.593. The van der Waals surface area contributed by atoms with Gasteiger partial charge in [-0.15, -0.1) is 0 Å². The predicted octanol–water partition coefficient (Wildman–Crippen LogP) is 4.00. The fraction of sp³-hybridized carbons (Fsp3) is 0.500. The van der Waals surface area contributed by atoms with Crippen LogP contribution in [-0.2, 0) is 20.9 Å². The number of carbonyl (C=O) groups is 1. The summed E-state index contributed by atoms with van der Waals surface area (Å²) in [7, 11) is 0. The minimum absolute atomic E-state index is 0.0754. The van der Waals surface area contributed by atoms with Crippen molar-refractivity contribution in [3.05, 3.63) is 34.9 Å². The molecule has 0 fully saturated rings. The molecular formula is C16H22ClNO3. The molecule has 1 aromatic rings. The zero-order valence-corrected chi connectivity index (χ0v) is 13.7. The zero-order chi connectivity index (χ0) is 16.0. The van der Waals surface area contributed by atoms with Crippen LogP contribution in [0.3, 0.4) is 0 Å². The molecule has 0 amide bonds. The minimum Gasteiger partial charge on any atom is -0.456 e. The van der Waals surface area contributed by atoms with Gasteiger partial charge in [-0.3, -0.25) is 5.41 Å². The summed E-state index contributed by atoms with van der Waals surface area (Å²) in [6, 6.07) is 7.36. The standard InChI is InChI=1S/C16H22ClNO3/c1-11(9-14(18)15(19)21-16(2,3)4)20-10-12-5-7-13(17)8-6-12/h5-8,11,18H,9-10H2,1-4H3/t11-/m1/s1. The van der Waals surface area contributed by atoms with Crippen LogP contribution < -0.4 is 0 Å². The van der Waals surface area contributed by atoms with Crippen LogP contribution in [-0.4, -0.2) is 23.4 Å². The second-order valence-electron chi connectivity index (χ2n) is 5.93. The van der Waals surface area contributed by atoms with Crippen LogP contribution in [0.15, 0.2) is 24.3 Å². The summed E-state index contributed by atoms with van der Waals surface area (Å²) in [6.07, 6.45) is -0.0108. The van der Waals surface area contributed by atoms with Crippen molar-refractivity contribution in [3.63, 3.8) is 0 Å². The molecule has 0 heterocycles. The van der Waals surface area contributed by atoms with E-state index in [-0.39, 0.29) is 18.2 Å². The summed E-state index contributed by atoms with van der Waals surface area (Å²) >= 11 is 5.81. The van der Waals surface area contributed by atoms with Gasteiger partial charge < -0.3 is 9.47 Å². The SMILES string of the molecule is C[C@H](CC(=N)C(=O)OC(C)(C)C)OCc1ccc(Cl)cc1. The highest BCUT2D eigenvalue weighted by Crippen LogP contribution is 2.13. The van der Waals surface area contributed by atoms with Crippen molar-refractivity contribution in [2.24, 2.45) is 0 Å². The molecule has 1 rings (SSSR count). The second-order valence-corrected chi connectivity index (χ2v) is 6.37. The topological polar surface area (TPSA) is 59.4 Å². The fourth-order valence-electron chi connectivity index (χ4n) is 1.59. The van der Waals surface area contributed by atoms with Crippen LogP contribution in [0.1, 0.15) is 39.7 Å². The smallest absolute Gasteiger partial charge is 0.352 e. The van der Waals surface area contributed by atoms with Gasteiger partial charge in [0.2, 0.25) is 0 Å². The molecule has 0 bridgehead atoms. The van der Waals surface area contributed by atoms with Crippen molar-refractivity contribution in [3.8, 4) is 0 Å². The molecule has 21 heavy (non-hydrogen) atoms. The maximum Gasteiger partial charge on any atom is 0.352 e. The number of ether oxygens (including phenoxy) is 2. The number of nitrogens with one attached hydrogen (secondary N) is 1. The highest BCUT2D eigenvalue weighted by molar-refractivity contribution is 6.35. The van der Waals surface area contributed by atoms with Crippen molar-refractivity contribution in [1.82, 2.24) is 0 Å². The highest BCUT2D eigenvalue weighted by atomic mass is 35.5. The van der Waals surface area contributed by atoms with Crippen LogP contribution >= 0.6 is 11.6 Å². The van der Waals surface area contributed by atoms with Gasteiger partial charge in [0.05, 0.1) is 12.7 Å². The normalized spacial score (nSPS) is 12.8. The molecule has 0 aliphatic carbocycles. The molecule has 1 atom stereocenters. The lowest BCUT2D eigenvalue weighted by molar-refractivity contribution is -0.146. The Labute approximate surface area is 130 Å². The van der Waals surface area contributed by atoms with E-state index < -0.39 is 11.6 Å². The van der Waals surface area contributed by atoms with E-state index in [0.29, 0.717) is 11.6 Å². The third-order valence-electron chi connectivity index (χ3n) is 2.58. The molecule has 4 nitrogen and oxygen atoms in total. The summed E-state index contributed by atoms with van der Waals surface area (Å²) in [5.74, 6) is -0.593. The molecule has 0 unspecified atom stereocenters. The lowest BCUT2D eigenvalue weighted by atomic mass is 10.1. The Morgan fingerprint density at radius 1 is 1.29 bits per heavy atom. The van der Waals surface area contributed by atoms with Crippen molar-refractivity contribution in [1.29, 1.82) is 5.41 Å². The Bertz CT molecular complexity index is 491. The molecule has 0 saturated heterocycles. The largest absolute Gasteiger partial charge is 0.456 e. The number of halogens is 1. The van der Waals surface area contributed by atoms with Gasteiger partial charge in [0, 0.05) is 11.4 Å². The van der Waals surface area contributed by atoms with E-state index in [1.807, 2.05) is 19.1 Å². The molecular weight excluding hydrogens is 290 g/mol. The summed E-state index contributed by atoms with van der Waals surface area (Å²) in [5.41, 5.74) is 0.333. The number of rotatable bonds is 6. The molecule has 0 aromatic heterocycles. The van der Waals surface area contributed by atoms with Crippen LogP contribution in [0.4, 0.5) is 0 Å². The first-order valence-electron chi connectivity index (χ1n) is 6.84. The number of carbonyl (C=O) groups excluding carboxylic acids is 1. The first-order valence-corrected chi connectivity index (χ1v) is 7.22. The van der Waals surface area contributed by atoms with E-state index in [1.54, 1.807) is 32.9 Å². The van der Waals surface area contributed by atoms with Crippen LogP contribution in [0.2, 0.25) is 5.02 Å². The van der Waals surface area contributed by atoms with E-state index in [4.69, 9.17) is 26.5 Å². The molecule has 1 aromatic carbocycles.